The molecule has 44 heavy (non-hydrogen) atoms. The smallest absolute Gasteiger partial charge is 0.248 e. The molecule has 2 aromatic heterocycles. The maximum absolute atomic E-state index is 14.2. The lowest BCUT2D eigenvalue weighted by molar-refractivity contribution is -0.186. The third kappa shape index (κ3) is 6.22. The van der Waals surface area contributed by atoms with Crippen molar-refractivity contribution in [1.82, 2.24) is 24.8 Å². The van der Waals surface area contributed by atoms with E-state index in [1.54, 1.807) is 11.6 Å². The molecule has 1 aliphatic carbocycles. The average Bonchev–Trinajstić information content (AvgIpc) is 3.63. The van der Waals surface area contributed by atoms with Gasteiger partial charge in [-0.1, -0.05) is 16.8 Å². The average molecular weight is 668 g/mol. The van der Waals surface area contributed by atoms with E-state index in [1.807, 2.05) is 0 Å². The molecule has 17 heteroatoms. The number of ether oxygens (including phenoxy) is 2. The van der Waals surface area contributed by atoms with Crippen LogP contribution in [0.25, 0.3) is 11.3 Å². The highest BCUT2D eigenvalue weighted by atomic mass is 35.5. The minimum Gasteiger partial charge on any atom is -0.394 e. The molecule has 0 radical (unpaired) electrons. The summed E-state index contributed by atoms with van der Waals surface area (Å²) >= 11 is 7.55. The van der Waals surface area contributed by atoms with Crippen molar-refractivity contribution in [3.63, 3.8) is 0 Å². The predicted molar refractivity (Wildman–Crippen MR) is 149 cm³/mol. The predicted octanol–water partition coefficient (Wildman–Crippen LogP) is 4.28. The Bertz CT molecular complexity index is 1450. The van der Waals surface area contributed by atoms with E-state index in [0.717, 1.165) is 23.9 Å². The minimum absolute atomic E-state index is 0.0463. The van der Waals surface area contributed by atoms with E-state index in [2.05, 4.69) is 15.4 Å². The summed E-state index contributed by atoms with van der Waals surface area (Å²) in [5.41, 5.74) is -2.49. The monoisotopic (exact) mass is 667 g/mol. The highest BCUT2D eigenvalue weighted by Crippen LogP contribution is 2.54. The second-order valence-electron chi connectivity index (χ2n) is 10.9. The molecule has 10 nitrogen and oxygen atoms in total. The van der Waals surface area contributed by atoms with Gasteiger partial charge in [0.1, 0.15) is 35.5 Å². The Kier molecular flexibility index (Phi) is 9.62. The van der Waals surface area contributed by atoms with Crippen LogP contribution in [-0.4, -0.2) is 89.1 Å². The lowest BCUT2D eigenvalue weighted by Gasteiger charge is -2.47. The number of aliphatic hydroxyl groups is 3. The molecule has 0 amide bonds. The number of halogens is 6. The molecule has 242 valence electrons. The fourth-order valence-electron chi connectivity index (χ4n) is 5.76. The number of aromatic nitrogens is 5. The minimum atomic E-state index is -2.94. The Morgan fingerprint density at radius 2 is 1.84 bits per heavy atom. The summed E-state index contributed by atoms with van der Waals surface area (Å²) in [5.74, 6) is -7.44. The van der Waals surface area contributed by atoms with Gasteiger partial charge in [-0.3, -0.25) is 4.68 Å². The summed E-state index contributed by atoms with van der Waals surface area (Å²) in [5, 5.41) is 44.6. The number of methoxy groups -OCH3 is 1. The number of rotatable bonds is 9. The molecule has 0 spiro atoms. The third-order valence-electron chi connectivity index (χ3n) is 8.18. The highest BCUT2D eigenvalue weighted by Gasteiger charge is 2.53. The van der Waals surface area contributed by atoms with Gasteiger partial charge in [-0.2, -0.15) is 5.10 Å². The van der Waals surface area contributed by atoms with E-state index in [9.17, 15) is 37.3 Å². The van der Waals surface area contributed by atoms with Crippen molar-refractivity contribution in [2.75, 3.05) is 13.7 Å². The maximum atomic E-state index is 14.2. The molecule has 5 rings (SSSR count). The van der Waals surface area contributed by atoms with Crippen molar-refractivity contribution >= 4 is 23.4 Å². The molecular weight excluding hydrogens is 637 g/mol. The van der Waals surface area contributed by atoms with Crippen molar-refractivity contribution < 1.29 is 46.7 Å². The summed E-state index contributed by atoms with van der Waals surface area (Å²) in [4.78, 5) is 0. The van der Waals surface area contributed by atoms with Crippen LogP contribution in [0.15, 0.2) is 24.5 Å². The summed E-state index contributed by atoms with van der Waals surface area (Å²) in [6.07, 6.45) is -2.62. The first-order valence-corrected chi connectivity index (χ1v) is 15.1. The molecule has 3 N–H and O–H groups in total. The summed E-state index contributed by atoms with van der Waals surface area (Å²) < 4.78 is 84.3. The van der Waals surface area contributed by atoms with Crippen molar-refractivity contribution in [1.29, 1.82) is 0 Å². The zero-order chi connectivity index (χ0) is 32.0. The fraction of sp³-hybridized carbons (Fsp3) is 0.593. The second-order valence-corrected chi connectivity index (χ2v) is 12.5. The molecular formula is C27H31ClF5N5O5S. The topological polar surface area (TPSA) is 128 Å². The Balaban J connectivity index is 1.52. The first-order valence-electron chi connectivity index (χ1n) is 13.8. The molecule has 1 aromatic carbocycles. The van der Waals surface area contributed by atoms with Crippen LogP contribution in [-0.2, 0) is 16.0 Å². The van der Waals surface area contributed by atoms with Crippen LogP contribution < -0.4 is 0 Å². The van der Waals surface area contributed by atoms with Crippen molar-refractivity contribution in [2.24, 2.45) is 0 Å². The van der Waals surface area contributed by atoms with Crippen LogP contribution in [0.1, 0.15) is 49.6 Å². The Morgan fingerprint density at radius 1 is 1.18 bits per heavy atom. The zero-order valence-electron chi connectivity index (χ0n) is 23.6. The lowest BCUT2D eigenvalue weighted by Crippen LogP contribution is -2.56. The van der Waals surface area contributed by atoms with E-state index in [4.69, 9.17) is 21.1 Å². The van der Waals surface area contributed by atoms with Gasteiger partial charge in [-0.25, -0.2) is 26.6 Å². The number of benzene rings is 1. The number of hydrogen-bond donors (Lipinski definition) is 3. The van der Waals surface area contributed by atoms with Gasteiger partial charge in [0.25, 0.3) is 0 Å². The highest BCUT2D eigenvalue weighted by molar-refractivity contribution is 8.00. The van der Waals surface area contributed by atoms with Crippen LogP contribution in [0, 0.1) is 17.5 Å². The standard InChI is InChI=1S/C27H31ClF5N5O5S/c1-3-37-20(14(28)10-34-37)24(26(41)4-6-27(32,33)7-5-26)44-25-23(42-2)21(22(40)18(12-39)43-25)38-11-17(35-36-38)13-8-15(29)19(31)16(30)9-13/h8-11,18,21-25,39-41H,3-7,12H2,1-2H3/t18-,21+,22+,23-,24+,25+/m1/s1. The number of alkyl halides is 2. The fourth-order valence-corrected chi connectivity index (χ4v) is 7.84. The SMILES string of the molecule is CCn1ncc(Cl)c1[C@H](S[C@@H]1O[C@H](CO)[C@H](O)[C@H](n2cc(-c3cc(F)c(F)c(F)c3)nn2)[C@H]1OC)C1(O)CCC(F)(F)CC1. The van der Waals surface area contributed by atoms with Crippen molar-refractivity contribution in [3.8, 4) is 11.3 Å². The van der Waals surface area contributed by atoms with Gasteiger partial charge in [-0.05, 0) is 31.9 Å². The van der Waals surface area contributed by atoms with Crippen LogP contribution in [0.4, 0.5) is 22.0 Å². The van der Waals surface area contributed by atoms with Gasteiger partial charge in [0, 0.05) is 32.1 Å². The molecule has 1 saturated carbocycles. The van der Waals surface area contributed by atoms with Crippen LogP contribution in [0.3, 0.4) is 0 Å². The van der Waals surface area contributed by atoms with Gasteiger partial charge in [0.05, 0.1) is 40.6 Å². The Morgan fingerprint density at radius 3 is 2.43 bits per heavy atom. The molecule has 3 heterocycles. The quantitative estimate of drug-likeness (QED) is 0.226. The van der Waals surface area contributed by atoms with E-state index >= 15 is 0 Å². The molecule has 0 bridgehead atoms. The van der Waals surface area contributed by atoms with Gasteiger partial charge in [0.2, 0.25) is 5.92 Å². The van der Waals surface area contributed by atoms with Crippen LogP contribution >= 0.6 is 23.4 Å². The molecule has 6 atom stereocenters. The third-order valence-corrected chi connectivity index (χ3v) is 10.1. The summed E-state index contributed by atoms with van der Waals surface area (Å²) in [6.45, 7) is 1.52. The molecule has 2 fully saturated rings. The lowest BCUT2D eigenvalue weighted by atomic mass is 9.79. The zero-order valence-corrected chi connectivity index (χ0v) is 25.2. The number of hydrogen-bond acceptors (Lipinski definition) is 9. The number of aliphatic hydroxyl groups excluding tert-OH is 2. The van der Waals surface area contributed by atoms with E-state index < -0.39 is 83.5 Å². The summed E-state index contributed by atoms with van der Waals surface area (Å²) in [7, 11) is 1.33. The molecule has 2 aliphatic rings. The van der Waals surface area contributed by atoms with E-state index in [0.29, 0.717) is 12.2 Å². The Hall–Kier alpha value is -2.34. The van der Waals surface area contributed by atoms with Crippen molar-refractivity contribution in [2.45, 2.75) is 85.7 Å². The maximum Gasteiger partial charge on any atom is 0.248 e. The molecule has 3 aromatic rings. The van der Waals surface area contributed by atoms with Gasteiger partial charge in [-0.15, -0.1) is 16.9 Å². The number of nitrogens with zero attached hydrogens (tertiary/aromatic N) is 5. The second kappa shape index (κ2) is 12.8. The number of thioether (sulfide) groups is 1. The van der Waals surface area contributed by atoms with E-state index in [1.165, 1.54) is 24.2 Å². The van der Waals surface area contributed by atoms with Crippen LogP contribution in [0.2, 0.25) is 5.02 Å². The molecule has 1 aliphatic heterocycles. The summed E-state index contributed by atoms with van der Waals surface area (Å²) in [6, 6.07) is 0.392. The van der Waals surface area contributed by atoms with Gasteiger partial charge < -0.3 is 24.8 Å². The van der Waals surface area contributed by atoms with Gasteiger partial charge >= 0.3 is 0 Å². The molecule has 0 unspecified atom stereocenters. The largest absolute Gasteiger partial charge is 0.394 e. The normalized spacial score (nSPS) is 27.4. The first kappa shape index (κ1) is 33.0. The first-order chi connectivity index (χ1) is 20.8. The Labute approximate surface area is 258 Å². The van der Waals surface area contributed by atoms with Gasteiger partial charge in [0.15, 0.2) is 17.5 Å². The molecule has 1 saturated heterocycles. The van der Waals surface area contributed by atoms with Crippen molar-refractivity contribution in [3.05, 3.63) is 52.7 Å². The van der Waals surface area contributed by atoms with E-state index in [-0.39, 0.29) is 29.1 Å². The number of aryl methyl sites for hydroxylation is 1. The van der Waals surface area contributed by atoms with Crippen LogP contribution in [0.5, 0.6) is 0 Å².